The lowest BCUT2D eigenvalue weighted by Crippen LogP contribution is -2.35. The molecule has 1 fully saturated rings. The maximum Gasteiger partial charge on any atom is 0.303 e. The Morgan fingerprint density at radius 1 is 1.50 bits per heavy atom. The summed E-state index contributed by atoms with van der Waals surface area (Å²) in [5.74, 6) is 0.926. The Hall–Kier alpha value is -1.52. The standard InChI is InChI=1S/C13H21N3O2/c1-2-15-10-7-14-13(15)16-8-5-11(6-9-16)3-4-12(17)18/h7,10-11H,2-6,8-9H2,1H3,(H,17,18). The number of rotatable bonds is 5. The number of aromatic nitrogens is 2. The van der Waals surface area contributed by atoms with E-state index in [-0.39, 0.29) is 0 Å². The lowest BCUT2D eigenvalue weighted by Gasteiger charge is -2.32. The minimum Gasteiger partial charge on any atom is -0.481 e. The lowest BCUT2D eigenvalue weighted by atomic mass is 9.92. The van der Waals surface area contributed by atoms with Gasteiger partial charge in [0.05, 0.1) is 0 Å². The first-order chi connectivity index (χ1) is 8.70. The summed E-state index contributed by atoms with van der Waals surface area (Å²) in [6.45, 7) is 5.03. The highest BCUT2D eigenvalue weighted by Crippen LogP contribution is 2.25. The molecule has 1 aromatic rings. The van der Waals surface area contributed by atoms with Crippen molar-refractivity contribution in [1.29, 1.82) is 0 Å². The molecule has 0 radical (unpaired) electrons. The van der Waals surface area contributed by atoms with E-state index in [9.17, 15) is 4.79 Å². The van der Waals surface area contributed by atoms with Crippen molar-refractivity contribution in [2.75, 3.05) is 18.0 Å². The predicted molar refractivity (Wildman–Crippen MR) is 69.7 cm³/mol. The zero-order valence-electron chi connectivity index (χ0n) is 10.9. The van der Waals surface area contributed by atoms with Gasteiger partial charge in [-0.05, 0) is 32.1 Å². The molecule has 0 saturated carbocycles. The van der Waals surface area contributed by atoms with Crippen LogP contribution in [0.5, 0.6) is 0 Å². The molecule has 0 bridgehead atoms. The Balaban J connectivity index is 1.85. The van der Waals surface area contributed by atoms with Crippen molar-refractivity contribution in [2.24, 2.45) is 5.92 Å². The number of piperidine rings is 1. The van der Waals surface area contributed by atoms with Crippen LogP contribution in [0, 0.1) is 5.92 Å². The molecule has 18 heavy (non-hydrogen) atoms. The van der Waals surface area contributed by atoms with Gasteiger partial charge in [0.2, 0.25) is 5.95 Å². The molecule has 0 amide bonds. The highest BCUT2D eigenvalue weighted by Gasteiger charge is 2.22. The average molecular weight is 251 g/mol. The van der Waals surface area contributed by atoms with E-state index in [1.54, 1.807) is 0 Å². The van der Waals surface area contributed by atoms with Gasteiger partial charge in [-0.1, -0.05) is 0 Å². The van der Waals surface area contributed by atoms with Crippen LogP contribution in [0.15, 0.2) is 12.4 Å². The summed E-state index contributed by atoms with van der Waals surface area (Å²) in [7, 11) is 0. The van der Waals surface area contributed by atoms with Gasteiger partial charge in [0.1, 0.15) is 0 Å². The molecule has 5 heteroatoms. The number of carboxylic acids is 1. The van der Waals surface area contributed by atoms with E-state index in [0.29, 0.717) is 12.3 Å². The average Bonchev–Trinajstić information content (AvgIpc) is 2.85. The molecule has 0 atom stereocenters. The first kappa shape index (κ1) is 12.9. The molecule has 5 nitrogen and oxygen atoms in total. The normalized spacial score (nSPS) is 17.1. The smallest absolute Gasteiger partial charge is 0.303 e. The van der Waals surface area contributed by atoms with Gasteiger partial charge in [-0.2, -0.15) is 0 Å². The monoisotopic (exact) mass is 251 g/mol. The van der Waals surface area contributed by atoms with Crippen LogP contribution in [0.4, 0.5) is 5.95 Å². The zero-order chi connectivity index (χ0) is 13.0. The molecule has 0 unspecified atom stereocenters. The van der Waals surface area contributed by atoms with Gasteiger partial charge >= 0.3 is 5.97 Å². The van der Waals surface area contributed by atoms with Crippen molar-refractivity contribution in [3.63, 3.8) is 0 Å². The van der Waals surface area contributed by atoms with Crippen LogP contribution in [0.2, 0.25) is 0 Å². The van der Waals surface area contributed by atoms with Crippen LogP contribution in [-0.4, -0.2) is 33.7 Å². The first-order valence-corrected chi connectivity index (χ1v) is 6.68. The largest absolute Gasteiger partial charge is 0.481 e. The number of imidazole rings is 1. The van der Waals surface area contributed by atoms with Gasteiger partial charge in [0.25, 0.3) is 0 Å². The number of hydrogen-bond donors (Lipinski definition) is 1. The Morgan fingerprint density at radius 2 is 2.22 bits per heavy atom. The van der Waals surface area contributed by atoms with Crippen LogP contribution in [0.1, 0.15) is 32.6 Å². The molecule has 2 rings (SSSR count). The van der Waals surface area contributed by atoms with Crippen molar-refractivity contribution in [3.8, 4) is 0 Å². The van der Waals surface area contributed by atoms with E-state index in [4.69, 9.17) is 5.11 Å². The van der Waals surface area contributed by atoms with E-state index in [1.807, 2.05) is 12.4 Å². The van der Waals surface area contributed by atoms with Crippen molar-refractivity contribution in [1.82, 2.24) is 9.55 Å². The van der Waals surface area contributed by atoms with Crippen molar-refractivity contribution in [2.45, 2.75) is 39.2 Å². The summed E-state index contributed by atoms with van der Waals surface area (Å²) < 4.78 is 2.15. The van der Waals surface area contributed by atoms with Crippen LogP contribution >= 0.6 is 0 Å². The lowest BCUT2D eigenvalue weighted by molar-refractivity contribution is -0.137. The molecule has 1 aliphatic rings. The predicted octanol–water partition coefficient (Wildman–Crippen LogP) is 1.98. The number of anilines is 1. The number of nitrogens with zero attached hydrogens (tertiary/aromatic N) is 3. The van der Waals surface area contributed by atoms with E-state index >= 15 is 0 Å². The second-order valence-electron chi connectivity index (χ2n) is 4.88. The molecule has 0 aliphatic carbocycles. The summed E-state index contributed by atoms with van der Waals surface area (Å²) in [5, 5.41) is 8.69. The summed E-state index contributed by atoms with van der Waals surface area (Å²) in [4.78, 5) is 17.3. The minimum absolute atomic E-state index is 0.300. The number of carboxylic acid groups (broad SMARTS) is 1. The number of hydrogen-bond acceptors (Lipinski definition) is 3. The number of carbonyl (C=O) groups is 1. The van der Waals surface area contributed by atoms with Crippen LogP contribution in [0.25, 0.3) is 0 Å². The summed E-state index contributed by atoms with van der Waals surface area (Å²) in [6, 6.07) is 0. The fourth-order valence-corrected chi connectivity index (χ4v) is 2.58. The third kappa shape index (κ3) is 3.03. The van der Waals surface area contributed by atoms with Crippen molar-refractivity contribution in [3.05, 3.63) is 12.4 Å². The Labute approximate surface area is 107 Å². The molecule has 1 N–H and O–H groups in total. The van der Waals surface area contributed by atoms with Crippen LogP contribution in [0.3, 0.4) is 0 Å². The quantitative estimate of drug-likeness (QED) is 0.869. The van der Waals surface area contributed by atoms with E-state index in [2.05, 4.69) is 21.4 Å². The van der Waals surface area contributed by atoms with Gasteiger partial charge in [-0.15, -0.1) is 0 Å². The fraction of sp³-hybridized carbons (Fsp3) is 0.692. The van der Waals surface area contributed by atoms with Gasteiger partial charge in [-0.25, -0.2) is 4.98 Å². The molecule has 1 aromatic heterocycles. The Morgan fingerprint density at radius 3 is 2.83 bits per heavy atom. The van der Waals surface area contributed by atoms with Crippen LogP contribution in [-0.2, 0) is 11.3 Å². The van der Waals surface area contributed by atoms with Gasteiger partial charge in [0, 0.05) is 38.4 Å². The third-order valence-electron chi connectivity index (χ3n) is 3.70. The maximum absolute atomic E-state index is 10.6. The van der Waals surface area contributed by atoms with E-state index < -0.39 is 5.97 Å². The highest BCUT2D eigenvalue weighted by molar-refractivity contribution is 5.66. The van der Waals surface area contributed by atoms with E-state index in [1.165, 1.54) is 0 Å². The third-order valence-corrected chi connectivity index (χ3v) is 3.70. The molecule has 0 spiro atoms. The summed E-state index contributed by atoms with van der Waals surface area (Å²) in [6.07, 6.45) is 7.11. The molecule has 0 aromatic carbocycles. The molecule has 1 aliphatic heterocycles. The molecular weight excluding hydrogens is 230 g/mol. The SMILES string of the molecule is CCn1ccnc1N1CCC(CCC(=O)O)CC1. The summed E-state index contributed by atoms with van der Waals surface area (Å²) >= 11 is 0. The van der Waals surface area contributed by atoms with Gasteiger partial charge in [-0.3, -0.25) is 4.79 Å². The maximum atomic E-state index is 10.6. The topological polar surface area (TPSA) is 58.4 Å². The molecule has 1 saturated heterocycles. The Bertz CT molecular complexity index is 395. The second kappa shape index (κ2) is 5.89. The molecule has 100 valence electrons. The molecular formula is C13H21N3O2. The second-order valence-corrected chi connectivity index (χ2v) is 4.88. The molecule has 2 heterocycles. The Kier molecular flexibility index (Phi) is 4.23. The van der Waals surface area contributed by atoms with Gasteiger partial charge in [0.15, 0.2) is 0 Å². The number of aliphatic carboxylic acids is 1. The van der Waals surface area contributed by atoms with Gasteiger partial charge < -0.3 is 14.6 Å². The number of aryl methyl sites for hydroxylation is 1. The summed E-state index contributed by atoms with van der Waals surface area (Å²) in [5.41, 5.74) is 0. The fourth-order valence-electron chi connectivity index (χ4n) is 2.58. The van der Waals surface area contributed by atoms with E-state index in [0.717, 1.165) is 44.8 Å². The minimum atomic E-state index is -0.682. The highest BCUT2D eigenvalue weighted by atomic mass is 16.4. The van der Waals surface area contributed by atoms with Crippen molar-refractivity contribution >= 4 is 11.9 Å². The zero-order valence-corrected chi connectivity index (χ0v) is 10.9. The van der Waals surface area contributed by atoms with Crippen molar-refractivity contribution < 1.29 is 9.90 Å². The first-order valence-electron chi connectivity index (χ1n) is 6.68. The van der Waals surface area contributed by atoms with Crippen LogP contribution < -0.4 is 4.90 Å².